The van der Waals surface area contributed by atoms with Crippen LogP contribution in [-0.2, 0) is 0 Å². The normalized spacial score (nSPS) is 31.1. The van der Waals surface area contributed by atoms with Crippen LogP contribution in [0, 0.1) is 5.41 Å². The van der Waals surface area contributed by atoms with E-state index in [1.807, 2.05) is 6.92 Å². The van der Waals surface area contributed by atoms with Crippen LogP contribution >= 0.6 is 0 Å². The molecule has 2 rings (SSSR count). The van der Waals surface area contributed by atoms with Crippen LogP contribution in [-0.4, -0.2) is 35.7 Å². The lowest BCUT2D eigenvalue weighted by Crippen LogP contribution is -2.60. The fourth-order valence-electron chi connectivity index (χ4n) is 2.40. The molecule has 1 saturated heterocycles. The van der Waals surface area contributed by atoms with Gasteiger partial charge in [-0.15, -0.1) is 0 Å². The molecule has 11 heavy (non-hydrogen) atoms. The Morgan fingerprint density at radius 3 is 2.45 bits per heavy atom. The van der Waals surface area contributed by atoms with Crippen molar-refractivity contribution in [2.24, 2.45) is 5.41 Å². The number of nitrogens with zero attached hydrogens (tertiary/aromatic N) is 1. The van der Waals surface area contributed by atoms with Crippen molar-refractivity contribution in [1.82, 2.24) is 4.90 Å². The van der Waals surface area contributed by atoms with Crippen molar-refractivity contribution in [3.63, 3.8) is 0 Å². The van der Waals surface area contributed by atoms with Crippen LogP contribution < -0.4 is 0 Å². The molecule has 1 N–H and O–H groups in total. The summed E-state index contributed by atoms with van der Waals surface area (Å²) in [6.45, 7) is 5.24. The number of rotatable bonds is 2. The average molecular weight is 155 g/mol. The van der Waals surface area contributed by atoms with E-state index in [0.29, 0.717) is 0 Å². The highest BCUT2D eigenvalue weighted by molar-refractivity contribution is 5.00. The molecular weight excluding hydrogens is 138 g/mol. The Hall–Kier alpha value is -0.0800. The first-order valence-corrected chi connectivity index (χ1v) is 4.61. The van der Waals surface area contributed by atoms with Gasteiger partial charge in [0.05, 0.1) is 6.10 Å². The van der Waals surface area contributed by atoms with Crippen LogP contribution in [0.2, 0.25) is 0 Å². The molecule has 1 aliphatic carbocycles. The third kappa shape index (κ3) is 1.30. The summed E-state index contributed by atoms with van der Waals surface area (Å²) in [5.74, 6) is 0. The topological polar surface area (TPSA) is 23.5 Å². The van der Waals surface area contributed by atoms with E-state index in [4.69, 9.17) is 5.11 Å². The second kappa shape index (κ2) is 2.46. The van der Waals surface area contributed by atoms with E-state index in [-0.39, 0.29) is 6.10 Å². The highest BCUT2D eigenvalue weighted by Crippen LogP contribution is 2.47. The van der Waals surface area contributed by atoms with Crippen LogP contribution in [0.3, 0.4) is 0 Å². The van der Waals surface area contributed by atoms with E-state index in [9.17, 15) is 0 Å². The van der Waals surface area contributed by atoms with Crippen molar-refractivity contribution in [2.45, 2.75) is 32.3 Å². The average Bonchev–Trinajstić information content (AvgIpc) is 1.71. The SMILES string of the molecule is CC(O)CN1CC2(CCC2)C1. The summed E-state index contributed by atoms with van der Waals surface area (Å²) in [5, 5.41) is 9.11. The second-order valence-electron chi connectivity index (χ2n) is 4.37. The van der Waals surface area contributed by atoms with Gasteiger partial charge >= 0.3 is 0 Å². The second-order valence-corrected chi connectivity index (χ2v) is 4.37. The van der Waals surface area contributed by atoms with Gasteiger partial charge in [0.1, 0.15) is 0 Å². The zero-order chi connectivity index (χ0) is 7.90. The van der Waals surface area contributed by atoms with Crippen molar-refractivity contribution in [3.8, 4) is 0 Å². The van der Waals surface area contributed by atoms with Crippen LogP contribution in [0.25, 0.3) is 0 Å². The molecule has 1 atom stereocenters. The van der Waals surface area contributed by atoms with E-state index in [1.165, 1.54) is 32.4 Å². The molecule has 1 aliphatic heterocycles. The van der Waals surface area contributed by atoms with Gasteiger partial charge in [0.2, 0.25) is 0 Å². The van der Waals surface area contributed by atoms with Gasteiger partial charge in [0.25, 0.3) is 0 Å². The number of β-amino-alcohol motifs (C(OH)–C–C–N with tert-alkyl or cyclic N) is 1. The van der Waals surface area contributed by atoms with Crippen molar-refractivity contribution >= 4 is 0 Å². The Balaban J connectivity index is 1.71. The number of likely N-dealkylation sites (tertiary alicyclic amines) is 1. The van der Waals surface area contributed by atoms with E-state index < -0.39 is 0 Å². The first kappa shape index (κ1) is 7.56. The Kier molecular flexibility index (Phi) is 1.69. The van der Waals surface area contributed by atoms with Gasteiger partial charge in [-0.3, -0.25) is 4.90 Å². The molecule has 0 aromatic rings. The smallest absolute Gasteiger partial charge is 0.0639 e. The molecule has 0 aromatic carbocycles. The molecule has 2 fully saturated rings. The van der Waals surface area contributed by atoms with Crippen molar-refractivity contribution in [1.29, 1.82) is 0 Å². The van der Waals surface area contributed by atoms with Crippen LogP contribution in [0.15, 0.2) is 0 Å². The summed E-state index contributed by atoms with van der Waals surface area (Å²) in [5.41, 5.74) is 0.717. The van der Waals surface area contributed by atoms with Gasteiger partial charge in [0, 0.05) is 19.6 Å². The van der Waals surface area contributed by atoms with Crippen LogP contribution in [0.1, 0.15) is 26.2 Å². The minimum Gasteiger partial charge on any atom is -0.392 e. The van der Waals surface area contributed by atoms with E-state index >= 15 is 0 Å². The quantitative estimate of drug-likeness (QED) is 0.639. The van der Waals surface area contributed by atoms with Gasteiger partial charge in [-0.2, -0.15) is 0 Å². The monoisotopic (exact) mass is 155 g/mol. The summed E-state index contributed by atoms with van der Waals surface area (Å²) in [7, 11) is 0. The fourth-order valence-corrected chi connectivity index (χ4v) is 2.40. The predicted molar refractivity (Wildman–Crippen MR) is 44.4 cm³/mol. The van der Waals surface area contributed by atoms with E-state index in [2.05, 4.69) is 4.90 Å². The first-order chi connectivity index (χ1) is 5.20. The first-order valence-electron chi connectivity index (χ1n) is 4.61. The third-order valence-electron chi connectivity index (χ3n) is 3.05. The maximum absolute atomic E-state index is 9.11. The number of aliphatic hydroxyl groups is 1. The van der Waals surface area contributed by atoms with Gasteiger partial charge < -0.3 is 5.11 Å². The predicted octanol–water partition coefficient (Wildman–Crippen LogP) is 0.853. The molecule has 0 bridgehead atoms. The molecule has 0 aromatic heterocycles. The molecule has 1 heterocycles. The van der Waals surface area contributed by atoms with E-state index in [0.717, 1.165) is 12.0 Å². The van der Waals surface area contributed by atoms with Crippen molar-refractivity contribution in [2.75, 3.05) is 19.6 Å². The lowest BCUT2D eigenvalue weighted by Gasteiger charge is -2.56. The molecule has 2 aliphatic rings. The molecule has 1 saturated carbocycles. The Morgan fingerprint density at radius 1 is 1.45 bits per heavy atom. The molecule has 1 unspecified atom stereocenters. The Labute approximate surface area is 68.2 Å². The van der Waals surface area contributed by atoms with Crippen LogP contribution in [0.5, 0.6) is 0 Å². The van der Waals surface area contributed by atoms with Gasteiger partial charge in [-0.1, -0.05) is 6.42 Å². The Morgan fingerprint density at radius 2 is 2.09 bits per heavy atom. The lowest BCUT2D eigenvalue weighted by molar-refractivity contribution is -0.0739. The molecule has 64 valence electrons. The third-order valence-corrected chi connectivity index (χ3v) is 3.05. The number of hydrogen-bond donors (Lipinski definition) is 1. The zero-order valence-corrected chi connectivity index (χ0v) is 7.21. The standard InChI is InChI=1S/C9H17NO/c1-8(11)5-10-6-9(7-10)3-2-4-9/h8,11H,2-7H2,1H3. The minimum absolute atomic E-state index is 0.146. The molecule has 2 nitrogen and oxygen atoms in total. The zero-order valence-electron chi connectivity index (χ0n) is 7.21. The maximum atomic E-state index is 9.11. The van der Waals surface area contributed by atoms with Gasteiger partial charge in [-0.25, -0.2) is 0 Å². The molecule has 0 amide bonds. The number of hydrogen-bond acceptors (Lipinski definition) is 2. The molecular formula is C9H17NO. The fraction of sp³-hybridized carbons (Fsp3) is 1.00. The molecule has 0 radical (unpaired) electrons. The summed E-state index contributed by atoms with van der Waals surface area (Å²) in [4.78, 5) is 2.36. The Bertz CT molecular complexity index is 144. The van der Waals surface area contributed by atoms with Crippen molar-refractivity contribution < 1.29 is 5.11 Å². The maximum Gasteiger partial charge on any atom is 0.0639 e. The summed E-state index contributed by atoms with van der Waals surface area (Å²) < 4.78 is 0. The van der Waals surface area contributed by atoms with Gasteiger partial charge in [-0.05, 0) is 25.2 Å². The summed E-state index contributed by atoms with van der Waals surface area (Å²) in [6, 6.07) is 0. The van der Waals surface area contributed by atoms with Crippen LogP contribution in [0.4, 0.5) is 0 Å². The minimum atomic E-state index is -0.146. The molecule has 2 heteroatoms. The lowest BCUT2D eigenvalue weighted by atomic mass is 9.63. The number of aliphatic hydroxyl groups excluding tert-OH is 1. The summed E-state index contributed by atoms with van der Waals surface area (Å²) >= 11 is 0. The summed E-state index contributed by atoms with van der Waals surface area (Å²) in [6.07, 6.45) is 4.15. The van der Waals surface area contributed by atoms with Crippen molar-refractivity contribution in [3.05, 3.63) is 0 Å². The van der Waals surface area contributed by atoms with Gasteiger partial charge in [0.15, 0.2) is 0 Å². The molecule has 1 spiro atoms. The largest absolute Gasteiger partial charge is 0.392 e. The highest BCUT2D eigenvalue weighted by Gasteiger charge is 2.46. The van der Waals surface area contributed by atoms with E-state index in [1.54, 1.807) is 0 Å². The highest BCUT2D eigenvalue weighted by atomic mass is 16.3.